The van der Waals surface area contributed by atoms with Gasteiger partial charge in [-0.15, -0.1) is 11.3 Å². The van der Waals surface area contributed by atoms with Gasteiger partial charge in [0.15, 0.2) is 0 Å². The molecule has 1 aliphatic rings. The number of benzene rings is 1. The second-order valence-corrected chi connectivity index (χ2v) is 12.4. The van der Waals surface area contributed by atoms with Gasteiger partial charge in [-0.25, -0.2) is 32.3 Å². The third-order valence-corrected chi connectivity index (χ3v) is 10.7. The Morgan fingerprint density at radius 2 is 1.52 bits per heavy atom. The zero-order chi connectivity index (χ0) is 23.6. The van der Waals surface area contributed by atoms with E-state index in [1.807, 2.05) is 0 Å². The van der Waals surface area contributed by atoms with E-state index in [-0.39, 0.29) is 32.0 Å². The number of hydrogen-bond donors (Lipinski definition) is 2. The molecule has 0 unspecified atom stereocenters. The van der Waals surface area contributed by atoms with Crippen LogP contribution in [0.3, 0.4) is 0 Å². The number of carbonyl (C=O) groups excluding carboxylic acids is 1. The number of hydroxylamine groups is 1. The monoisotopic (exact) mass is 509 g/mol. The van der Waals surface area contributed by atoms with E-state index in [1.54, 1.807) is 23.1 Å². The quantitative estimate of drug-likeness (QED) is 0.366. The van der Waals surface area contributed by atoms with Gasteiger partial charge in [0, 0.05) is 38.6 Å². The maximum absolute atomic E-state index is 13.1. The van der Waals surface area contributed by atoms with Crippen LogP contribution in [0.25, 0.3) is 0 Å². The van der Waals surface area contributed by atoms with Crippen LogP contribution in [-0.2, 0) is 19.9 Å². The first-order valence-corrected chi connectivity index (χ1v) is 13.4. The molecule has 1 aliphatic heterocycles. The Morgan fingerprint density at radius 3 is 2.12 bits per heavy atom. The van der Waals surface area contributed by atoms with E-state index in [0.717, 1.165) is 11.3 Å². The summed E-state index contributed by atoms with van der Waals surface area (Å²) in [6, 6.07) is 10.5. The molecule has 0 bridgehead atoms. The first-order valence-electron chi connectivity index (χ1n) is 9.65. The third-order valence-electron chi connectivity index (χ3n) is 4.99. The van der Waals surface area contributed by atoms with Crippen molar-refractivity contribution in [3.05, 3.63) is 60.4 Å². The number of nitrogens with one attached hydrogen (secondary N) is 1. The second kappa shape index (κ2) is 9.15. The van der Waals surface area contributed by atoms with Gasteiger partial charge in [0.1, 0.15) is 8.42 Å². The van der Waals surface area contributed by atoms with Gasteiger partial charge in [-0.05, 0) is 24.3 Å². The summed E-state index contributed by atoms with van der Waals surface area (Å²) >= 11 is 0.725. The fourth-order valence-electron chi connectivity index (χ4n) is 3.22. The molecule has 0 aliphatic carbocycles. The van der Waals surface area contributed by atoms with Crippen LogP contribution in [0, 0.1) is 0 Å². The van der Waals surface area contributed by atoms with Crippen molar-refractivity contribution in [1.82, 2.24) is 19.8 Å². The van der Waals surface area contributed by atoms with Crippen LogP contribution in [0.15, 0.2) is 68.2 Å². The maximum atomic E-state index is 13.1. The topological polar surface area (TPSA) is 150 Å². The number of amides is 1. The number of anilines is 1. The minimum absolute atomic E-state index is 0.0358. The van der Waals surface area contributed by atoms with Crippen LogP contribution in [0.2, 0.25) is 0 Å². The van der Waals surface area contributed by atoms with Gasteiger partial charge in [-0.1, -0.05) is 18.2 Å². The molecule has 11 nitrogen and oxygen atoms in total. The molecule has 1 amide bonds. The number of nitrogens with zero attached hydrogens (tertiary/aromatic N) is 4. The van der Waals surface area contributed by atoms with Gasteiger partial charge in [-0.3, -0.25) is 10.0 Å². The van der Waals surface area contributed by atoms with Crippen LogP contribution >= 0.6 is 11.3 Å². The highest BCUT2D eigenvalue weighted by molar-refractivity contribution is 7.95. The lowest BCUT2D eigenvalue weighted by Gasteiger charge is -2.33. The number of rotatable bonds is 6. The van der Waals surface area contributed by atoms with Crippen LogP contribution < -0.4 is 10.4 Å². The largest absolute Gasteiger partial charge is 0.338 e. The van der Waals surface area contributed by atoms with E-state index in [4.69, 9.17) is 5.21 Å². The summed E-state index contributed by atoms with van der Waals surface area (Å²) in [5.41, 5.74) is 1.58. The van der Waals surface area contributed by atoms with Gasteiger partial charge in [0.05, 0.1) is 10.5 Å². The van der Waals surface area contributed by atoms with Crippen molar-refractivity contribution in [2.75, 3.05) is 31.1 Å². The normalized spacial score (nSPS) is 15.4. The molecule has 1 aromatic carbocycles. The summed E-state index contributed by atoms with van der Waals surface area (Å²) < 4.78 is 52.9. The minimum atomic E-state index is -3.87. The fourth-order valence-corrected chi connectivity index (χ4v) is 7.99. The van der Waals surface area contributed by atoms with Gasteiger partial charge in [-0.2, -0.15) is 4.31 Å². The molecule has 3 heterocycles. The molecule has 174 valence electrons. The smallest absolute Gasteiger partial charge is 0.277 e. The van der Waals surface area contributed by atoms with E-state index in [9.17, 15) is 21.6 Å². The summed E-state index contributed by atoms with van der Waals surface area (Å²) in [4.78, 5) is 21.4. The lowest BCUT2D eigenvalue weighted by Crippen LogP contribution is -2.49. The Hall–Kier alpha value is -2.91. The zero-order valence-electron chi connectivity index (χ0n) is 17.0. The lowest BCUT2D eigenvalue weighted by atomic mass is 10.3. The minimum Gasteiger partial charge on any atom is -0.338 e. The predicted octanol–water partition coefficient (Wildman–Crippen LogP) is 1.00. The van der Waals surface area contributed by atoms with Crippen molar-refractivity contribution in [2.24, 2.45) is 0 Å². The Morgan fingerprint density at radius 1 is 0.909 bits per heavy atom. The van der Waals surface area contributed by atoms with Crippen molar-refractivity contribution in [1.29, 1.82) is 0 Å². The van der Waals surface area contributed by atoms with E-state index < -0.39 is 25.8 Å². The second-order valence-electron chi connectivity index (χ2n) is 6.99. The average molecular weight is 510 g/mol. The van der Waals surface area contributed by atoms with E-state index in [2.05, 4.69) is 9.97 Å². The predicted molar refractivity (Wildman–Crippen MR) is 118 cm³/mol. The summed E-state index contributed by atoms with van der Waals surface area (Å²) in [6.07, 6.45) is 2.52. The first kappa shape index (κ1) is 23.3. The van der Waals surface area contributed by atoms with Crippen LogP contribution in [0.4, 0.5) is 5.95 Å². The number of sulfonamides is 1. The molecule has 0 radical (unpaired) electrons. The summed E-state index contributed by atoms with van der Waals surface area (Å²) in [5, 5.41) is 8.65. The van der Waals surface area contributed by atoms with Crippen molar-refractivity contribution in [2.45, 2.75) is 13.3 Å². The number of carbonyl (C=O) groups is 1. The van der Waals surface area contributed by atoms with Crippen molar-refractivity contribution >= 4 is 43.1 Å². The highest BCUT2D eigenvalue weighted by Crippen LogP contribution is 2.32. The lowest BCUT2D eigenvalue weighted by molar-refractivity contribution is 0.0705. The Kier molecular flexibility index (Phi) is 6.45. The zero-order valence-corrected chi connectivity index (χ0v) is 19.5. The SMILES string of the molecule is O=C(NO)c1cnc(N2CCN(S(=O)(=O)c3ccc(S(=O)(=O)c4ccccc4)s3)CC2)nc1. The highest BCUT2D eigenvalue weighted by atomic mass is 32.3. The highest BCUT2D eigenvalue weighted by Gasteiger charge is 2.32. The van der Waals surface area contributed by atoms with Crippen molar-refractivity contribution in [3.8, 4) is 0 Å². The molecule has 1 saturated heterocycles. The summed E-state index contributed by atoms with van der Waals surface area (Å²) in [7, 11) is -7.67. The molecule has 4 rings (SSSR count). The maximum Gasteiger partial charge on any atom is 0.277 e. The number of aromatic nitrogens is 2. The molecule has 0 saturated carbocycles. The standard InChI is InChI=1S/C19H19N5O6S3/c25-18(22-26)14-12-20-19(21-13-14)23-8-10-24(11-9-23)33(29,30)17-7-6-16(31-17)32(27,28)15-4-2-1-3-5-15/h1-7,12-13,26H,8-11H2,(H,22,25). The molecule has 0 atom stereocenters. The molecule has 2 N–H and O–H groups in total. The number of sulfone groups is 1. The summed E-state index contributed by atoms with van der Waals surface area (Å²) in [5.74, 6) is -0.407. The van der Waals surface area contributed by atoms with E-state index >= 15 is 0 Å². The molecule has 2 aromatic heterocycles. The number of hydrogen-bond acceptors (Lipinski definition) is 10. The Balaban J connectivity index is 1.46. The van der Waals surface area contributed by atoms with Gasteiger partial charge in [0.25, 0.3) is 15.9 Å². The van der Waals surface area contributed by atoms with Crippen molar-refractivity contribution in [3.63, 3.8) is 0 Å². The molecular formula is C19H19N5O6S3. The van der Waals surface area contributed by atoms with Crippen LogP contribution in [0.5, 0.6) is 0 Å². The summed E-state index contributed by atoms with van der Waals surface area (Å²) in [6.45, 7) is 0.934. The fraction of sp³-hybridized carbons (Fsp3) is 0.211. The third kappa shape index (κ3) is 4.60. The van der Waals surface area contributed by atoms with Gasteiger partial charge >= 0.3 is 0 Å². The first-order chi connectivity index (χ1) is 15.7. The van der Waals surface area contributed by atoms with Gasteiger partial charge in [0.2, 0.25) is 15.8 Å². The molecule has 3 aromatic rings. The Bertz CT molecular complexity index is 1350. The van der Waals surface area contributed by atoms with Crippen LogP contribution in [-0.4, -0.2) is 68.4 Å². The van der Waals surface area contributed by atoms with E-state index in [0.29, 0.717) is 19.0 Å². The molecular weight excluding hydrogens is 490 g/mol. The molecule has 14 heteroatoms. The average Bonchev–Trinajstić information content (AvgIpc) is 3.37. The molecule has 33 heavy (non-hydrogen) atoms. The van der Waals surface area contributed by atoms with Gasteiger partial charge < -0.3 is 4.90 Å². The van der Waals surface area contributed by atoms with Crippen LogP contribution in [0.1, 0.15) is 10.4 Å². The Labute approximate surface area is 194 Å². The number of thiophene rings is 1. The molecule has 1 fully saturated rings. The van der Waals surface area contributed by atoms with Crippen molar-refractivity contribution < 1.29 is 26.8 Å². The molecule has 0 spiro atoms. The number of piperazine rings is 1. The van der Waals surface area contributed by atoms with E-state index in [1.165, 1.54) is 46.4 Å².